The standard InChI is InChI=1S/C13H16N2OS/c1-2-6-14-13(16)9-15(12-3-4-12)8-11-5-7-17-10-11/h1,5,7,10,12H,3-4,6,8-9H2,(H,14,16). The van der Waals surface area contributed by atoms with Crippen LogP contribution in [0, 0.1) is 12.3 Å². The third-order valence-electron chi connectivity index (χ3n) is 2.76. The summed E-state index contributed by atoms with van der Waals surface area (Å²) >= 11 is 1.69. The third kappa shape index (κ3) is 3.88. The number of carbonyl (C=O) groups is 1. The second-order valence-electron chi connectivity index (χ2n) is 4.25. The molecule has 0 bridgehead atoms. The summed E-state index contributed by atoms with van der Waals surface area (Å²) in [4.78, 5) is 13.9. The fraction of sp³-hybridized carbons (Fsp3) is 0.462. The lowest BCUT2D eigenvalue weighted by molar-refractivity contribution is -0.122. The zero-order valence-electron chi connectivity index (χ0n) is 9.69. The molecule has 0 aromatic carbocycles. The van der Waals surface area contributed by atoms with Crippen molar-refractivity contribution in [1.82, 2.24) is 10.2 Å². The Labute approximate surface area is 106 Å². The minimum Gasteiger partial charge on any atom is -0.344 e. The van der Waals surface area contributed by atoms with Crippen molar-refractivity contribution >= 4 is 17.2 Å². The Hall–Kier alpha value is -1.31. The van der Waals surface area contributed by atoms with Crippen LogP contribution in [0.3, 0.4) is 0 Å². The van der Waals surface area contributed by atoms with Gasteiger partial charge in [0.15, 0.2) is 0 Å². The molecule has 0 spiro atoms. The molecule has 3 nitrogen and oxygen atoms in total. The first-order chi connectivity index (χ1) is 8.29. The summed E-state index contributed by atoms with van der Waals surface area (Å²) in [5.74, 6) is 2.43. The summed E-state index contributed by atoms with van der Waals surface area (Å²) in [5.41, 5.74) is 1.28. The predicted molar refractivity (Wildman–Crippen MR) is 69.6 cm³/mol. The summed E-state index contributed by atoms with van der Waals surface area (Å²) in [7, 11) is 0. The molecule has 1 aliphatic rings. The van der Waals surface area contributed by atoms with E-state index in [4.69, 9.17) is 6.42 Å². The van der Waals surface area contributed by atoms with E-state index in [0.717, 1.165) is 6.54 Å². The molecule has 1 aromatic rings. The van der Waals surface area contributed by atoms with Gasteiger partial charge in [-0.05, 0) is 35.2 Å². The Morgan fingerprint density at radius 3 is 3.06 bits per heavy atom. The van der Waals surface area contributed by atoms with E-state index in [1.54, 1.807) is 11.3 Å². The first-order valence-electron chi connectivity index (χ1n) is 5.75. The number of nitrogens with one attached hydrogen (secondary N) is 1. The van der Waals surface area contributed by atoms with Crippen LogP contribution in [0.5, 0.6) is 0 Å². The SMILES string of the molecule is C#CCNC(=O)CN(Cc1ccsc1)C1CC1. The normalized spacial score (nSPS) is 14.6. The highest BCUT2D eigenvalue weighted by Gasteiger charge is 2.30. The molecule has 0 aliphatic heterocycles. The van der Waals surface area contributed by atoms with Crippen LogP contribution in [0.15, 0.2) is 16.8 Å². The summed E-state index contributed by atoms with van der Waals surface area (Å²) in [6.45, 7) is 1.62. The van der Waals surface area contributed by atoms with E-state index in [1.165, 1.54) is 18.4 Å². The number of hydrogen-bond donors (Lipinski definition) is 1. The molecule has 1 fully saturated rings. The first kappa shape index (κ1) is 12.2. The zero-order chi connectivity index (χ0) is 12.1. The molecule has 0 atom stereocenters. The van der Waals surface area contributed by atoms with Gasteiger partial charge >= 0.3 is 0 Å². The molecule has 0 radical (unpaired) electrons. The second-order valence-corrected chi connectivity index (χ2v) is 5.03. The topological polar surface area (TPSA) is 32.3 Å². The van der Waals surface area contributed by atoms with Crippen LogP contribution in [-0.2, 0) is 11.3 Å². The highest BCUT2D eigenvalue weighted by Crippen LogP contribution is 2.28. The predicted octanol–water partition coefficient (Wildman–Crippen LogP) is 1.46. The van der Waals surface area contributed by atoms with Crippen molar-refractivity contribution < 1.29 is 4.79 Å². The van der Waals surface area contributed by atoms with Crippen molar-refractivity contribution in [3.05, 3.63) is 22.4 Å². The highest BCUT2D eigenvalue weighted by atomic mass is 32.1. The maximum atomic E-state index is 11.6. The number of amides is 1. The first-order valence-corrected chi connectivity index (χ1v) is 6.69. The second kappa shape index (κ2) is 5.85. The molecule has 0 saturated heterocycles. The minimum atomic E-state index is 0.0186. The molecule has 1 aliphatic carbocycles. The average Bonchev–Trinajstić information content (AvgIpc) is 3.05. The van der Waals surface area contributed by atoms with Crippen molar-refractivity contribution in [3.63, 3.8) is 0 Å². The van der Waals surface area contributed by atoms with E-state index in [1.807, 2.05) is 0 Å². The van der Waals surface area contributed by atoms with Crippen LogP contribution in [-0.4, -0.2) is 29.9 Å². The summed E-state index contributed by atoms with van der Waals surface area (Å²) in [6, 6.07) is 2.69. The molecule has 1 N–H and O–H groups in total. The third-order valence-corrected chi connectivity index (χ3v) is 3.50. The van der Waals surface area contributed by atoms with Crippen molar-refractivity contribution in [1.29, 1.82) is 0 Å². The maximum Gasteiger partial charge on any atom is 0.234 e. The van der Waals surface area contributed by atoms with Gasteiger partial charge in [-0.2, -0.15) is 11.3 Å². The van der Waals surface area contributed by atoms with Crippen LogP contribution in [0.1, 0.15) is 18.4 Å². The van der Waals surface area contributed by atoms with E-state index >= 15 is 0 Å². The summed E-state index contributed by atoms with van der Waals surface area (Å²) in [5, 5.41) is 6.91. The molecule has 1 saturated carbocycles. The number of terminal acetylenes is 1. The van der Waals surface area contributed by atoms with E-state index in [2.05, 4.69) is 33.0 Å². The zero-order valence-corrected chi connectivity index (χ0v) is 10.5. The van der Waals surface area contributed by atoms with Crippen LogP contribution in [0.25, 0.3) is 0 Å². The number of carbonyl (C=O) groups excluding carboxylic acids is 1. The number of hydrogen-bond acceptors (Lipinski definition) is 3. The Morgan fingerprint density at radius 1 is 1.65 bits per heavy atom. The quantitative estimate of drug-likeness (QED) is 0.773. The Morgan fingerprint density at radius 2 is 2.47 bits per heavy atom. The molecule has 4 heteroatoms. The van der Waals surface area contributed by atoms with Crippen molar-refractivity contribution in [2.24, 2.45) is 0 Å². The van der Waals surface area contributed by atoms with Crippen LogP contribution < -0.4 is 5.32 Å². The molecular weight excluding hydrogens is 232 g/mol. The van der Waals surface area contributed by atoms with Gasteiger partial charge in [0.2, 0.25) is 5.91 Å². The molecule has 2 rings (SSSR count). The van der Waals surface area contributed by atoms with Crippen molar-refractivity contribution in [3.8, 4) is 12.3 Å². The summed E-state index contributed by atoms with van der Waals surface area (Å²) < 4.78 is 0. The van der Waals surface area contributed by atoms with E-state index in [-0.39, 0.29) is 5.91 Å². The number of rotatable bonds is 6. The van der Waals surface area contributed by atoms with Gasteiger partial charge in [0.05, 0.1) is 13.1 Å². The minimum absolute atomic E-state index is 0.0186. The van der Waals surface area contributed by atoms with Crippen LogP contribution in [0.4, 0.5) is 0 Å². The molecule has 1 aromatic heterocycles. The Balaban J connectivity index is 1.85. The molecular formula is C13H16N2OS. The lowest BCUT2D eigenvalue weighted by Gasteiger charge is -2.20. The largest absolute Gasteiger partial charge is 0.344 e. The van der Waals surface area contributed by atoms with Crippen LogP contribution >= 0.6 is 11.3 Å². The van der Waals surface area contributed by atoms with Crippen molar-refractivity contribution in [2.45, 2.75) is 25.4 Å². The van der Waals surface area contributed by atoms with Crippen LogP contribution in [0.2, 0.25) is 0 Å². The van der Waals surface area contributed by atoms with Gasteiger partial charge in [0, 0.05) is 12.6 Å². The Kier molecular flexibility index (Phi) is 4.18. The molecule has 17 heavy (non-hydrogen) atoms. The molecule has 0 unspecified atom stereocenters. The monoisotopic (exact) mass is 248 g/mol. The van der Waals surface area contributed by atoms with Gasteiger partial charge in [-0.3, -0.25) is 9.69 Å². The Bertz CT molecular complexity index is 404. The number of nitrogens with zero attached hydrogens (tertiary/aromatic N) is 1. The fourth-order valence-corrected chi connectivity index (χ4v) is 2.42. The molecule has 1 heterocycles. The van der Waals surface area contributed by atoms with Gasteiger partial charge in [-0.1, -0.05) is 5.92 Å². The average molecular weight is 248 g/mol. The van der Waals surface area contributed by atoms with Gasteiger partial charge in [-0.25, -0.2) is 0 Å². The van der Waals surface area contributed by atoms with Gasteiger partial charge in [0.25, 0.3) is 0 Å². The highest BCUT2D eigenvalue weighted by molar-refractivity contribution is 7.07. The molecule has 90 valence electrons. The fourth-order valence-electron chi connectivity index (χ4n) is 1.76. The smallest absolute Gasteiger partial charge is 0.234 e. The van der Waals surface area contributed by atoms with E-state index < -0.39 is 0 Å². The van der Waals surface area contributed by atoms with Crippen molar-refractivity contribution in [2.75, 3.05) is 13.1 Å². The van der Waals surface area contributed by atoms with Gasteiger partial charge < -0.3 is 5.32 Å². The summed E-state index contributed by atoms with van der Waals surface area (Å²) in [6.07, 6.45) is 7.51. The maximum absolute atomic E-state index is 11.6. The molecule has 1 amide bonds. The van der Waals surface area contributed by atoms with E-state index in [9.17, 15) is 4.79 Å². The van der Waals surface area contributed by atoms with Gasteiger partial charge in [0.1, 0.15) is 0 Å². The van der Waals surface area contributed by atoms with E-state index in [0.29, 0.717) is 19.1 Å². The number of thiophene rings is 1. The lowest BCUT2D eigenvalue weighted by Crippen LogP contribution is -2.38. The lowest BCUT2D eigenvalue weighted by atomic mass is 10.3. The van der Waals surface area contributed by atoms with Gasteiger partial charge in [-0.15, -0.1) is 6.42 Å².